The minimum atomic E-state index is -3.31. The molecule has 3 N–H and O–H groups in total. The van der Waals surface area contributed by atoms with Crippen LogP contribution < -0.4 is 26.2 Å². The first-order chi connectivity index (χ1) is 16.0. The lowest BCUT2D eigenvalue weighted by atomic mass is 9.78. The normalized spacial score (nSPS) is 14.3. The fourth-order valence-electron chi connectivity index (χ4n) is 4.28. The van der Waals surface area contributed by atoms with Gasteiger partial charge in [-0.2, -0.15) is 0 Å². The molecule has 4 nitrogen and oxygen atoms in total. The highest BCUT2D eigenvalue weighted by molar-refractivity contribution is 7.77. The Bertz CT molecular complexity index is 1170. The third kappa shape index (κ3) is 4.38. The zero-order valence-electron chi connectivity index (χ0n) is 18.9. The highest BCUT2D eigenvalue weighted by Gasteiger charge is 2.44. The summed E-state index contributed by atoms with van der Waals surface area (Å²) in [5.41, 5.74) is 7.69. The van der Waals surface area contributed by atoms with Crippen molar-refractivity contribution in [1.29, 1.82) is 0 Å². The van der Waals surface area contributed by atoms with E-state index in [1.165, 1.54) is 0 Å². The van der Waals surface area contributed by atoms with Crippen LogP contribution in [0.2, 0.25) is 0 Å². The van der Waals surface area contributed by atoms with Gasteiger partial charge in [0.1, 0.15) is 5.75 Å². The van der Waals surface area contributed by atoms with E-state index < -0.39 is 18.9 Å². The van der Waals surface area contributed by atoms with Crippen molar-refractivity contribution in [1.82, 2.24) is 5.09 Å². The number of ether oxygens (including phenoxy) is 1. The third-order valence-corrected chi connectivity index (χ3v) is 8.75. The van der Waals surface area contributed by atoms with Crippen molar-refractivity contribution in [2.75, 3.05) is 7.11 Å². The fourth-order valence-corrected chi connectivity index (χ4v) is 6.98. The molecule has 5 heteroatoms. The minimum Gasteiger partial charge on any atom is -0.497 e. The summed E-state index contributed by atoms with van der Waals surface area (Å²) >= 11 is 0. The van der Waals surface area contributed by atoms with Crippen LogP contribution in [0.15, 0.2) is 115 Å². The Morgan fingerprint density at radius 2 is 1.15 bits per heavy atom. The molecule has 0 aliphatic carbocycles. The van der Waals surface area contributed by atoms with Crippen LogP contribution in [0.3, 0.4) is 0 Å². The van der Waals surface area contributed by atoms with Crippen molar-refractivity contribution in [3.05, 3.63) is 126 Å². The largest absolute Gasteiger partial charge is 0.497 e. The summed E-state index contributed by atoms with van der Waals surface area (Å²) in [5.74, 6) is 0.750. The Morgan fingerprint density at radius 3 is 1.58 bits per heavy atom. The molecule has 4 aromatic rings. The average molecular weight is 457 g/mol. The van der Waals surface area contributed by atoms with Crippen LogP contribution in [0, 0.1) is 0 Å². The van der Waals surface area contributed by atoms with Gasteiger partial charge in [-0.05, 0) is 54.4 Å². The van der Waals surface area contributed by atoms with E-state index in [1.807, 2.05) is 122 Å². The Hall–Kier alpha value is -3.17. The van der Waals surface area contributed by atoms with E-state index in [-0.39, 0.29) is 0 Å². The van der Waals surface area contributed by atoms with E-state index in [9.17, 15) is 0 Å². The standard InChI is InChI=1S/C28H29N2O2P/c1-22(29)28(23-12-6-3-7-13-23,24-18-20-25(32-2)21-19-24)30-33(31,26-14-8-4-9-15-26)27-16-10-5-11-17-27/h3-22H,29H2,1-2H3,(H,30,31)/t22-,28+/m0/s1. The number of rotatable bonds is 8. The molecule has 0 unspecified atom stereocenters. The van der Waals surface area contributed by atoms with Crippen molar-refractivity contribution < 1.29 is 9.30 Å². The SMILES string of the molecule is COc1ccc([C@](NP(=O)(c2ccccc2)c2ccccc2)(c2ccccc2)[C@H](C)N)cc1. The van der Waals surface area contributed by atoms with Gasteiger partial charge in [0, 0.05) is 16.7 Å². The van der Waals surface area contributed by atoms with Crippen molar-refractivity contribution in [3.8, 4) is 5.75 Å². The molecule has 0 aromatic heterocycles. The molecule has 4 aromatic carbocycles. The van der Waals surface area contributed by atoms with Gasteiger partial charge in [0.05, 0.1) is 12.6 Å². The second-order valence-corrected chi connectivity index (χ2v) is 10.6. The highest BCUT2D eigenvalue weighted by atomic mass is 31.2. The maximum absolute atomic E-state index is 15.0. The molecular weight excluding hydrogens is 427 g/mol. The number of hydrogen-bond donors (Lipinski definition) is 2. The topological polar surface area (TPSA) is 64.3 Å². The second-order valence-electron chi connectivity index (χ2n) is 8.08. The van der Waals surface area contributed by atoms with E-state index in [4.69, 9.17) is 10.5 Å². The van der Waals surface area contributed by atoms with Gasteiger partial charge in [0.25, 0.3) is 0 Å². The van der Waals surface area contributed by atoms with Crippen molar-refractivity contribution >= 4 is 17.9 Å². The molecule has 0 saturated heterocycles. The smallest absolute Gasteiger partial charge is 0.205 e. The van der Waals surface area contributed by atoms with Gasteiger partial charge in [-0.15, -0.1) is 0 Å². The van der Waals surface area contributed by atoms with Gasteiger partial charge in [0.15, 0.2) is 0 Å². The monoisotopic (exact) mass is 456 g/mol. The first-order valence-corrected chi connectivity index (χ1v) is 12.7. The Kier molecular flexibility index (Phi) is 6.80. The summed E-state index contributed by atoms with van der Waals surface area (Å²) in [5, 5.41) is 5.09. The van der Waals surface area contributed by atoms with Crippen molar-refractivity contribution in [2.45, 2.75) is 18.5 Å². The fraction of sp³-hybridized carbons (Fsp3) is 0.143. The number of nitrogens with one attached hydrogen (secondary N) is 1. The Morgan fingerprint density at radius 1 is 0.727 bits per heavy atom. The molecule has 168 valence electrons. The van der Waals surface area contributed by atoms with E-state index >= 15 is 4.57 Å². The molecule has 2 atom stereocenters. The summed E-state index contributed by atoms with van der Waals surface area (Å²) in [6.45, 7) is 1.95. The van der Waals surface area contributed by atoms with Crippen LogP contribution >= 0.6 is 7.29 Å². The summed E-state index contributed by atoms with van der Waals surface area (Å²) < 4.78 is 20.4. The molecule has 0 amide bonds. The number of methoxy groups -OCH3 is 1. The van der Waals surface area contributed by atoms with Gasteiger partial charge in [-0.1, -0.05) is 78.9 Å². The van der Waals surface area contributed by atoms with Gasteiger partial charge in [-0.25, -0.2) is 5.09 Å². The number of benzene rings is 4. The molecular formula is C28H29N2O2P. The molecule has 0 bridgehead atoms. The second kappa shape index (κ2) is 9.76. The molecule has 0 radical (unpaired) electrons. The van der Waals surface area contributed by atoms with E-state index in [0.29, 0.717) is 0 Å². The first-order valence-electron chi connectivity index (χ1n) is 11.0. The summed E-state index contributed by atoms with van der Waals surface area (Å²) in [6, 6.07) is 36.5. The van der Waals surface area contributed by atoms with Crippen LogP contribution in [0.5, 0.6) is 5.75 Å². The van der Waals surface area contributed by atoms with Crippen LogP contribution in [-0.4, -0.2) is 13.2 Å². The van der Waals surface area contributed by atoms with E-state index in [1.54, 1.807) is 7.11 Å². The van der Waals surface area contributed by atoms with Crippen LogP contribution in [0.4, 0.5) is 0 Å². The molecule has 0 spiro atoms. The lowest BCUT2D eigenvalue weighted by Gasteiger charge is -2.42. The lowest BCUT2D eigenvalue weighted by molar-refractivity contribution is 0.397. The molecule has 0 heterocycles. The molecule has 0 saturated carbocycles. The Balaban J connectivity index is 1.99. The van der Waals surface area contributed by atoms with Crippen LogP contribution in [0.1, 0.15) is 18.1 Å². The average Bonchev–Trinajstić information content (AvgIpc) is 2.88. The zero-order valence-corrected chi connectivity index (χ0v) is 19.8. The Labute approximate surface area is 195 Å². The summed E-state index contributed by atoms with van der Waals surface area (Å²) in [6.07, 6.45) is 0. The molecule has 0 fully saturated rings. The quantitative estimate of drug-likeness (QED) is 0.374. The van der Waals surface area contributed by atoms with Crippen LogP contribution in [0.25, 0.3) is 0 Å². The molecule has 0 aliphatic rings. The van der Waals surface area contributed by atoms with E-state index in [0.717, 1.165) is 27.5 Å². The molecule has 0 aliphatic heterocycles. The predicted octanol–water partition coefficient (Wildman–Crippen LogP) is 4.80. The maximum atomic E-state index is 15.0. The van der Waals surface area contributed by atoms with Gasteiger partial charge >= 0.3 is 0 Å². The summed E-state index contributed by atoms with van der Waals surface area (Å²) in [7, 11) is -1.67. The van der Waals surface area contributed by atoms with Crippen molar-refractivity contribution in [3.63, 3.8) is 0 Å². The van der Waals surface area contributed by atoms with Gasteiger partial charge in [-0.3, -0.25) is 4.57 Å². The van der Waals surface area contributed by atoms with Gasteiger partial charge in [0.2, 0.25) is 7.29 Å². The molecule has 33 heavy (non-hydrogen) atoms. The minimum absolute atomic E-state index is 0.408. The first kappa shape index (κ1) is 23.0. The zero-order chi connectivity index (χ0) is 23.3. The van der Waals surface area contributed by atoms with Gasteiger partial charge < -0.3 is 10.5 Å². The lowest BCUT2D eigenvalue weighted by Crippen LogP contribution is -2.55. The summed E-state index contributed by atoms with van der Waals surface area (Å²) in [4.78, 5) is 0. The van der Waals surface area contributed by atoms with Crippen LogP contribution in [-0.2, 0) is 10.1 Å². The highest BCUT2D eigenvalue weighted by Crippen LogP contribution is 2.47. The number of nitrogens with two attached hydrogens (primary N) is 1. The maximum Gasteiger partial charge on any atom is 0.205 e. The third-order valence-electron chi connectivity index (χ3n) is 6.03. The number of hydrogen-bond acceptors (Lipinski definition) is 3. The van der Waals surface area contributed by atoms with Crippen molar-refractivity contribution in [2.24, 2.45) is 5.73 Å². The van der Waals surface area contributed by atoms with E-state index in [2.05, 4.69) is 5.09 Å². The molecule has 4 rings (SSSR count). The predicted molar refractivity (Wildman–Crippen MR) is 137 cm³/mol.